The van der Waals surface area contributed by atoms with E-state index in [-0.39, 0.29) is 5.92 Å². The topological polar surface area (TPSA) is 41.6 Å². The van der Waals surface area contributed by atoms with Crippen molar-refractivity contribution in [1.29, 1.82) is 0 Å². The lowest BCUT2D eigenvalue weighted by Crippen LogP contribution is -2.43. The molecule has 4 heteroatoms. The van der Waals surface area contributed by atoms with Gasteiger partial charge in [-0.05, 0) is 31.3 Å². The minimum absolute atomic E-state index is 0.237. The summed E-state index contributed by atoms with van der Waals surface area (Å²) >= 11 is 0. The van der Waals surface area contributed by atoms with Gasteiger partial charge in [-0.15, -0.1) is 0 Å². The lowest BCUT2D eigenvalue weighted by Gasteiger charge is -2.31. The number of amides is 1. The zero-order valence-corrected chi connectivity index (χ0v) is 11.0. The highest BCUT2D eigenvalue weighted by Crippen LogP contribution is 2.34. The zero-order valence-electron chi connectivity index (χ0n) is 11.0. The Morgan fingerprint density at radius 2 is 2.44 bits per heavy atom. The van der Waals surface area contributed by atoms with Gasteiger partial charge in [0.05, 0.1) is 12.5 Å². The van der Waals surface area contributed by atoms with Crippen LogP contribution in [0.1, 0.15) is 25.7 Å². The van der Waals surface area contributed by atoms with Crippen LogP contribution in [-0.2, 0) is 9.53 Å². The number of hydrogen-bond donors (Lipinski definition) is 1. The fourth-order valence-corrected chi connectivity index (χ4v) is 3.56. The van der Waals surface area contributed by atoms with E-state index in [0.717, 1.165) is 25.9 Å². The standard InChI is InChI=1S/C14H22N2O2/c1-18-9-10-4-6-16(7-5-10)14(17)12-8-11-2-3-13(12)15-11/h4,11-13,15H,2-3,5-9H2,1H3. The fraction of sp³-hybridized carbons (Fsp3) is 0.786. The van der Waals surface area contributed by atoms with Crippen LogP contribution in [0.15, 0.2) is 11.6 Å². The SMILES string of the molecule is COCC1=CCN(C(=O)C2CC3CCC2N3)CC1. The first kappa shape index (κ1) is 12.2. The van der Waals surface area contributed by atoms with E-state index >= 15 is 0 Å². The molecule has 3 heterocycles. The molecule has 2 saturated heterocycles. The van der Waals surface area contributed by atoms with Crippen LogP contribution >= 0.6 is 0 Å². The van der Waals surface area contributed by atoms with Crippen LogP contribution in [-0.4, -0.2) is 49.7 Å². The average molecular weight is 250 g/mol. The average Bonchev–Trinajstić information content (AvgIpc) is 3.01. The Morgan fingerprint density at radius 1 is 1.56 bits per heavy atom. The Hall–Kier alpha value is -0.870. The van der Waals surface area contributed by atoms with Gasteiger partial charge < -0.3 is 15.0 Å². The molecule has 2 bridgehead atoms. The van der Waals surface area contributed by atoms with Crippen molar-refractivity contribution in [2.45, 2.75) is 37.8 Å². The molecule has 2 fully saturated rings. The van der Waals surface area contributed by atoms with Gasteiger partial charge in [0.25, 0.3) is 0 Å². The van der Waals surface area contributed by atoms with Gasteiger partial charge in [0.2, 0.25) is 5.91 Å². The van der Waals surface area contributed by atoms with Crippen LogP contribution in [0.4, 0.5) is 0 Å². The second-order valence-corrected chi connectivity index (χ2v) is 5.72. The van der Waals surface area contributed by atoms with Crippen LogP contribution in [0, 0.1) is 5.92 Å². The van der Waals surface area contributed by atoms with Gasteiger partial charge in [0, 0.05) is 32.3 Å². The quantitative estimate of drug-likeness (QED) is 0.758. The van der Waals surface area contributed by atoms with Gasteiger partial charge in [0.15, 0.2) is 0 Å². The number of carbonyl (C=O) groups excluding carboxylic acids is 1. The van der Waals surface area contributed by atoms with Gasteiger partial charge in [-0.1, -0.05) is 6.08 Å². The number of ether oxygens (including phenoxy) is 1. The number of methoxy groups -OCH3 is 1. The molecule has 0 spiro atoms. The van der Waals surface area contributed by atoms with Gasteiger partial charge >= 0.3 is 0 Å². The molecule has 0 aromatic carbocycles. The van der Waals surface area contributed by atoms with Crippen LogP contribution in [0.5, 0.6) is 0 Å². The third kappa shape index (κ3) is 2.19. The molecule has 0 aromatic heterocycles. The highest BCUT2D eigenvalue weighted by Gasteiger charge is 2.44. The number of nitrogens with zero attached hydrogens (tertiary/aromatic N) is 1. The van der Waals surface area contributed by atoms with Gasteiger partial charge in [-0.2, -0.15) is 0 Å². The second kappa shape index (κ2) is 5.02. The Balaban J connectivity index is 1.58. The molecule has 0 aliphatic carbocycles. The second-order valence-electron chi connectivity index (χ2n) is 5.72. The van der Waals surface area contributed by atoms with Crippen molar-refractivity contribution < 1.29 is 9.53 Å². The van der Waals surface area contributed by atoms with E-state index in [1.165, 1.54) is 18.4 Å². The minimum Gasteiger partial charge on any atom is -0.380 e. The molecule has 0 aromatic rings. The predicted molar refractivity (Wildman–Crippen MR) is 69.2 cm³/mol. The maximum atomic E-state index is 12.5. The van der Waals surface area contributed by atoms with Crippen LogP contribution < -0.4 is 5.32 Å². The molecule has 0 saturated carbocycles. The van der Waals surface area contributed by atoms with E-state index < -0.39 is 0 Å². The summed E-state index contributed by atoms with van der Waals surface area (Å²) in [7, 11) is 1.72. The van der Waals surface area contributed by atoms with Crippen molar-refractivity contribution >= 4 is 5.91 Å². The molecule has 3 aliphatic heterocycles. The van der Waals surface area contributed by atoms with Crippen molar-refractivity contribution in [2.75, 3.05) is 26.8 Å². The van der Waals surface area contributed by atoms with E-state index in [1.54, 1.807) is 7.11 Å². The first-order chi connectivity index (χ1) is 8.78. The van der Waals surface area contributed by atoms with E-state index in [9.17, 15) is 4.79 Å². The predicted octanol–water partition coefficient (Wildman–Crippen LogP) is 0.932. The summed E-state index contributed by atoms with van der Waals surface area (Å²) < 4.78 is 5.14. The van der Waals surface area contributed by atoms with Crippen molar-refractivity contribution in [1.82, 2.24) is 10.2 Å². The zero-order chi connectivity index (χ0) is 12.5. The monoisotopic (exact) mass is 250 g/mol. The van der Waals surface area contributed by atoms with E-state index in [4.69, 9.17) is 4.74 Å². The molecule has 3 atom stereocenters. The summed E-state index contributed by atoms with van der Waals surface area (Å²) in [5.41, 5.74) is 1.33. The van der Waals surface area contributed by atoms with E-state index in [2.05, 4.69) is 11.4 Å². The lowest BCUT2D eigenvalue weighted by atomic mass is 9.88. The van der Waals surface area contributed by atoms with Crippen molar-refractivity contribution in [3.8, 4) is 0 Å². The van der Waals surface area contributed by atoms with Gasteiger partial charge in [-0.25, -0.2) is 0 Å². The minimum atomic E-state index is 0.237. The van der Waals surface area contributed by atoms with Crippen molar-refractivity contribution in [3.05, 3.63) is 11.6 Å². The van der Waals surface area contributed by atoms with Crippen LogP contribution in [0.3, 0.4) is 0 Å². The molecule has 1 N–H and O–H groups in total. The third-order valence-electron chi connectivity index (χ3n) is 4.56. The molecular weight excluding hydrogens is 228 g/mol. The number of carbonyl (C=O) groups is 1. The Bertz CT molecular complexity index is 367. The highest BCUT2D eigenvalue weighted by molar-refractivity contribution is 5.80. The number of hydrogen-bond acceptors (Lipinski definition) is 3. The summed E-state index contributed by atoms with van der Waals surface area (Å²) in [6.45, 7) is 2.34. The van der Waals surface area contributed by atoms with Crippen molar-refractivity contribution in [2.24, 2.45) is 5.92 Å². The molecule has 3 unspecified atom stereocenters. The molecular formula is C14H22N2O2. The molecule has 3 aliphatic rings. The van der Waals surface area contributed by atoms with E-state index in [1.807, 2.05) is 4.90 Å². The van der Waals surface area contributed by atoms with Gasteiger partial charge in [-0.3, -0.25) is 4.79 Å². The highest BCUT2D eigenvalue weighted by atomic mass is 16.5. The maximum absolute atomic E-state index is 12.5. The van der Waals surface area contributed by atoms with Gasteiger partial charge in [0.1, 0.15) is 0 Å². The Labute approximate surface area is 108 Å². The molecule has 100 valence electrons. The lowest BCUT2D eigenvalue weighted by molar-refractivity contribution is -0.135. The molecule has 4 nitrogen and oxygen atoms in total. The molecule has 0 radical (unpaired) electrons. The van der Waals surface area contributed by atoms with E-state index in [0.29, 0.717) is 24.6 Å². The first-order valence-corrected chi connectivity index (χ1v) is 6.99. The van der Waals surface area contributed by atoms with Crippen molar-refractivity contribution in [3.63, 3.8) is 0 Å². The summed E-state index contributed by atoms with van der Waals surface area (Å²) in [5, 5.41) is 3.54. The summed E-state index contributed by atoms with van der Waals surface area (Å²) in [5.74, 6) is 0.601. The summed E-state index contributed by atoms with van der Waals surface area (Å²) in [4.78, 5) is 14.5. The third-order valence-corrected chi connectivity index (χ3v) is 4.56. The maximum Gasteiger partial charge on any atom is 0.227 e. The molecule has 1 amide bonds. The molecule has 18 heavy (non-hydrogen) atoms. The first-order valence-electron chi connectivity index (χ1n) is 6.99. The fourth-order valence-electron chi connectivity index (χ4n) is 3.56. The summed E-state index contributed by atoms with van der Waals surface area (Å²) in [6, 6.07) is 1.06. The largest absolute Gasteiger partial charge is 0.380 e. The van der Waals surface area contributed by atoms with Crippen LogP contribution in [0.25, 0.3) is 0 Å². The Morgan fingerprint density at radius 3 is 3.00 bits per heavy atom. The Kier molecular flexibility index (Phi) is 3.39. The normalized spacial score (nSPS) is 34.8. The van der Waals surface area contributed by atoms with Crippen LogP contribution in [0.2, 0.25) is 0 Å². The molecule has 3 rings (SSSR count). The number of nitrogens with one attached hydrogen (secondary N) is 1. The smallest absolute Gasteiger partial charge is 0.227 e. The summed E-state index contributed by atoms with van der Waals surface area (Å²) in [6.07, 6.45) is 6.61. The number of rotatable bonds is 3. The number of fused-ring (bicyclic) bond motifs is 2.